The van der Waals surface area contributed by atoms with Crippen LogP contribution >= 0.6 is 0 Å². The van der Waals surface area contributed by atoms with Crippen molar-refractivity contribution in [3.8, 4) is 11.1 Å². The van der Waals surface area contributed by atoms with Crippen LogP contribution in [-0.2, 0) is 13.0 Å². The second-order valence-corrected chi connectivity index (χ2v) is 4.84. The average Bonchev–Trinajstić information content (AvgIpc) is 3.04. The van der Waals surface area contributed by atoms with Crippen LogP contribution in [0.25, 0.3) is 11.1 Å². The SMILES string of the molecule is CCn1cc(-c2cccc3c2CCC3NC)cn1. The predicted molar refractivity (Wildman–Crippen MR) is 73.5 cm³/mol. The lowest BCUT2D eigenvalue weighted by atomic mass is 9.98. The minimum Gasteiger partial charge on any atom is -0.313 e. The Kier molecular flexibility index (Phi) is 2.92. The van der Waals surface area contributed by atoms with Crippen LogP contribution < -0.4 is 5.32 Å². The molecule has 1 unspecified atom stereocenters. The Hall–Kier alpha value is -1.61. The van der Waals surface area contributed by atoms with Crippen LogP contribution in [0.15, 0.2) is 30.6 Å². The number of fused-ring (bicyclic) bond motifs is 1. The Labute approximate surface area is 108 Å². The van der Waals surface area contributed by atoms with Crippen LogP contribution in [0.1, 0.15) is 30.5 Å². The summed E-state index contributed by atoms with van der Waals surface area (Å²) in [6, 6.07) is 7.14. The van der Waals surface area contributed by atoms with Crippen LogP contribution in [-0.4, -0.2) is 16.8 Å². The van der Waals surface area contributed by atoms with Crippen molar-refractivity contribution < 1.29 is 0 Å². The van der Waals surface area contributed by atoms with Crippen LogP contribution in [0.3, 0.4) is 0 Å². The first-order chi connectivity index (χ1) is 8.83. The van der Waals surface area contributed by atoms with Gasteiger partial charge in [0.15, 0.2) is 0 Å². The van der Waals surface area contributed by atoms with Gasteiger partial charge in [-0.1, -0.05) is 18.2 Å². The molecular formula is C15H19N3. The average molecular weight is 241 g/mol. The van der Waals surface area contributed by atoms with E-state index in [2.05, 4.69) is 41.7 Å². The van der Waals surface area contributed by atoms with Crippen LogP contribution in [0, 0.1) is 0 Å². The molecule has 0 bridgehead atoms. The summed E-state index contributed by atoms with van der Waals surface area (Å²) in [5.74, 6) is 0. The van der Waals surface area contributed by atoms with Crippen LogP contribution in [0.5, 0.6) is 0 Å². The highest BCUT2D eigenvalue weighted by Crippen LogP contribution is 2.37. The van der Waals surface area contributed by atoms with Crippen molar-refractivity contribution >= 4 is 0 Å². The molecule has 0 fully saturated rings. The number of benzene rings is 1. The van der Waals surface area contributed by atoms with Crippen molar-refractivity contribution in [1.29, 1.82) is 0 Å². The summed E-state index contributed by atoms with van der Waals surface area (Å²) >= 11 is 0. The summed E-state index contributed by atoms with van der Waals surface area (Å²) in [6.45, 7) is 3.04. The summed E-state index contributed by atoms with van der Waals surface area (Å²) in [6.07, 6.45) is 6.48. The molecule has 18 heavy (non-hydrogen) atoms. The number of hydrogen-bond donors (Lipinski definition) is 1. The minimum absolute atomic E-state index is 0.515. The van der Waals surface area contributed by atoms with E-state index >= 15 is 0 Å². The molecule has 2 aromatic rings. The van der Waals surface area contributed by atoms with Gasteiger partial charge in [0.05, 0.1) is 6.20 Å². The second-order valence-electron chi connectivity index (χ2n) is 4.84. The third-order valence-corrected chi connectivity index (χ3v) is 3.89. The van der Waals surface area contributed by atoms with Gasteiger partial charge in [0.2, 0.25) is 0 Å². The lowest BCUT2D eigenvalue weighted by Gasteiger charge is -2.11. The van der Waals surface area contributed by atoms with Crippen molar-refractivity contribution in [3.05, 3.63) is 41.7 Å². The maximum atomic E-state index is 4.38. The fourth-order valence-electron chi connectivity index (χ4n) is 2.90. The highest BCUT2D eigenvalue weighted by Gasteiger charge is 2.23. The van der Waals surface area contributed by atoms with Gasteiger partial charge in [-0.25, -0.2) is 0 Å². The highest BCUT2D eigenvalue weighted by molar-refractivity contribution is 5.68. The molecule has 1 N–H and O–H groups in total. The van der Waals surface area contributed by atoms with Gasteiger partial charge in [-0.2, -0.15) is 5.10 Å². The third kappa shape index (κ3) is 1.75. The Morgan fingerprint density at radius 3 is 3.06 bits per heavy atom. The predicted octanol–water partition coefficient (Wildman–Crippen LogP) is 2.78. The largest absolute Gasteiger partial charge is 0.313 e. The van der Waals surface area contributed by atoms with Gasteiger partial charge in [-0.15, -0.1) is 0 Å². The molecule has 3 nitrogen and oxygen atoms in total. The molecule has 1 aromatic heterocycles. The summed E-state index contributed by atoms with van der Waals surface area (Å²) < 4.78 is 1.99. The van der Waals surface area contributed by atoms with Gasteiger partial charge >= 0.3 is 0 Å². The lowest BCUT2D eigenvalue weighted by Crippen LogP contribution is -2.12. The van der Waals surface area contributed by atoms with Crippen molar-refractivity contribution in [1.82, 2.24) is 15.1 Å². The number of hydrogen-bond acceptors (Lipinski definition) is 2. The van der Waals surface area contributed by atoms with E-state index in [0.29, 0.717) is 6.04 Å². The molecule has 0 spiro atoms. The minimum atomic E-state index is 0.515. The summed E-state index contributed by atoms with van der Waals surface area (Å²) in [5.41, 5.74) is 5.54. The smallest absolute Gasteiger partial charge is 0.0568 e. The van der Waals surface area contributed by atoms with Gasteiger partial charge < -0.3 is 5.32 Å². The standard InChI is InChI=1S/C15H19N3/c1-3-18-10-11(9-17-18)12-5-4-6-14-13(12)7-8-15(14)16-2/h4-6,9-10,15-16H,3,7-8H2,1-2H3. The number of aromatic nitrogens is 2. The number of aryl methyl sites for hydroxylation is 1. The maximum Gasteiger partial charge on any atom is 0.0568 e. The number of rotatable bonds is 3. The van der Waals surface area contributed by atoms with Gasteiger partial charge in [0.1, 0.15) is 0 Å². The molecule has 0 radical (unpaired) electrons. The first kappa shape index (κ1) is 11.5. The molecule has 1 aliphatic rings. The van der Waals surface area contributed by atoms with E-state index in [1.54, 1.807) is 0 Å². The van der Waals surface area contributed by atoms with Crippen molar-refractivity contribution in [2.75, 3.05) is 7.05 Å². The van der Waals surface area contributed by atoms with Gasteiger partial charge in [-0.05, 0) is 43.5 Å². The van der Waals surface area contributed by atoms with Crippen molar-refractivity contribution in [2.45, 2.75) is 32.4 Å². The van der Waals surface area contributed by atoms with Gasteiger partial charge in [0.25, 0.3) is 0 Å². The first-order valence-corrected chi connectivity index (χ1v) is 6.65. The van der Waals surface area contributed by atoms with Crippen molar-refractivity contribution in [3.63, 3.8) is 0 Å². The van der Waals surface area contributed by atoms with E-state index < -0.39 is 0 Å². The van der Waals surface area contributed by atoms with E-state index in [0.717, 1.165) is 13.0 Å². The lowest BCUT2D eigenvalue weighted by molar-refractivity contribution is 0.590. The molecule has 0 saturated carbocycles. The van der Waals surface area contributed by atoms with E-state index in [9.17, 15) is 0 Å². The molecular weight excluding hydrogens is 222 g/mol. The maximum absolute atomic E-state index is 4.38. The summed E-state index contributed by atoms with van der Waals surface area (Å²) in [5, 5.41) is 7.77. The highest BCUT2D eigenvalue weighted by atomic mass is 15.3. The molecule has 3 rings (SSSR count). The summed E-state index contributed by atoms with van der Waals surface area (Å²) in [7, 11) is 2.04. The normalized spacial score (nSPS) is 18.0. The Balaban J connectivity index is 2.06. The molecule has 94 valence electrons. The molecule has 1 atom stereocenters. The zero-order valence-electron chi connectivity index (χ0n) is 11.0. The fraction of sp³-hybridized carbons (Fsp3) is 0.400. The molecule has 1 heterocycles. The number of nitrogens with one attached hydrogen (secondary N) is 1. The van der Waals surface area contributed by atoms with E-state index in [4.69, 9.17) is 0 Å². The first-order valence-electron chi connectivity index (χ1n) is 6.65. The molecule has 0 saturated heterocycles. The molecule has 1 aromatic carbocycles. The van der Waals surface area contributed by atoms with Crippen molar-refractivity contribution in [2.24, 2.45) is 0 Å². The molecule has 0 aliphatic heterocycles. The Bertz CT molecular complexity index is 557. The van der Waals surface area contributed by atoms with E-state index in [-0.39, 0.29) is 0 Å². The van der Waals surface area contributed by atoms with Crippen LogP contribution in [0.2, 0.25) is 0 Å². The third-order valence-electron chi connectivity index (χ3n) is 3.89. The second kappa shape index (κ2) is 4.58. The number of nitrogens with zero attached hydrogens (tertiary/aromatic N) is 2. The topological polar surface area (TPSA) is 29.9 Å². The quantitative estimate of drug-likeness (QED) is 0.895. The summed E-state index contributed by atoms with van der Waals surface area (Å²) in [4.78, 5) is 0. The van der Waals surface area contributed by atoms with E-state index in [1.807, 2.05) is 17.9 Å². The van der Waals surface area contributed by atoms with Gasteiger partial charge in [0, 0.05) is 24.3 Å². The molecule has 1 aliphatic carbocycles. The van der Waals surface area contributed by atoms with Crippen LogP contribution in [0.4, 0.5) is 0 Å². The Morgan fingerprint density at radius 2 is 2.33 bits per heavy atom. The molecule has 3 heteroatoms. The fourth-order valence-corrected chi connectivity index (χ4v) is 2.90. The Morgan fingerprint density at radius 1 is 1.44 bits per heavy atom. The monoisotopic (exact) mass is 241 g/mol. The zero-order chi connectivity index (χ0) is 12.5. The van der Waals surface area contributed by atoms with Gasteiger partial charge in [-0.3, -0.25) is 4.68 Å². The molecule has 0 amide bonds. The van der Waals surface area contributed by atoms with E-state index in [1.165, 1.54) is 28.7 Å². The zero-order valence-corrected chi connectivity index (χ0v) is 11.0.